The van der Waals surface area contributed by atoms with E-state index in [9.17, 15) is 4.79 Å². The van der Waals surface area contributed by atoms with E-state index in [0.717, 1.165) is 27.7 Å². The molecule has 0 saturated carbocycles. The van der Waals surface area contributed by atoms with Gasteiger partial charge >= 0.3 is 0 Å². The van der Waals surface area contributed by atoms with E-state index in [1.807, 2.05) is 37.4 Å². The van der Waals surface area contributed by atoms with Crippen LogP contribution in [0.15, 0.2) is 48.8 Å². The number of benzene rings is 1. The summed E-state index contributed by atoms with van der Waals surface area (Å²) in [5, 5.41) is 4.01. The predicted octanol–water partition coefficient (Wildman–Crippen LogP) is 3.26. The fourth-order valence-electron chi connectivity index (χ4n) is 2.39. The van der Waals surface area contributed by atoms with Gasteiger partial charge in [0.2, 0.25) is 5.91 Å². The summed E-state index contributed by atoms with van der Waals surface area (Å²) in [5.41, 5.74) is 4.25. The first-order valence-electron chi connectivity index (χ1n) is 7.06. The quantitative estimate of drug-likeness (QED) is 0.770. The van der Waals surface area contributed by atoms with Crippen molar-refractivity contribution < 1.29 is 4.79 Å². The van der Waals surface area contributed by atoms with Crippen molar-refractivity contribution in [2.75, 3.05) is 0 Å². The number of nitrogens with zero attached hydrogens (tertiary/aromatic N) is 1. The molecular formula is C17H17N3O. The first-order valence-corrected chi connectivity index (χ1v) is 7.06. The molecule has 0 aliphatic rings. The Morgan fingerprint density at radius 3 is 3.05 bits per heavy atom. The number of hydrogen-bond acceptors (Lipinski definition) is 2. The summed E-state index contributed by atoms with van der Waals surface area (Å²) in [4.78, 5) is 18.8. The van der Waals surface area contributed by atoms with Crippen LogP contribution in [0.4, 0.5) is 0 Å². The maximum absolute atomic E-state index is 11.4. The maximum Gasteiger partial charge on any atom is 0.219 e. The Balaban J connectivity index is 1.92. The van der Waals surface area contributed by atoms with Crippen molar-refractivity contribution in [2.45, 2.75) is 19.9 Å². The van der Waals surface area contributed by atoms with Gasteiger partial charge in [-0.15, -0.1) is 0 Å². The van der Waals surface area contributed by atoms with Crippen molar-refractivity contribution in [2.24, 2.45) is 0 Å². The van der Waals surface area contributed by atoms with Gasteiger partial charge in [-0.25, -0.2) is 4.98 Å². The van der Waals surface area contributed by atoms with Crippen molar-refractivity contribution in [3.05, 3.63) is 54.4 Å². The lowest BCUT2D eigenvalue weighted by Crippen LogP contribution is -2.21. The third kappa shape index (κ3) is 2.79. The molecule has 1 aromatic carbocycles. The summed E-state index contributed by atoms with van der Waals surface area (Å²) in [6.07, 6.45) is 4.21. The van der Waals surface area contributed by atoms with Crippen molar-refractivity contribution in [1.29, 1.82) is 0 Å². The number of nitrogens with one attached hydrogen (secondary N) is 2. The highest BCUT2D eigenvalue weighted by atomic mass is 16.1. The second-order valence-electron chi connectivity index (χ2n) is 4.93. The van der Waals surface area contributed by atoms with Crippen LogP contribution in [0.1, 0.15) is 18.9 Å². The zero-order valence-corrected chi connectivity index (χ0v) is 11.9. The molecule has 0 aliphatic carbocycles. The standard InChI is InChI=1S/C17H17N3O/c1-2-16(21)20-11-12-4-3-5-13(10-12)14-6-8-18-17-15(14)7-9-19-17/h3-10H,2,11H2,1H3,(H,18,19)(H,20,21). The summed E-state index contributed by atoms with van der Waals surface area (Å²) in [5.74, 6) is 0.0670. The smallest absolute Gasteiger partial charge is 0.219 e. The lowest BCUT2D eigenvalue weighted by Gasteiger charge is -2.08. The number of fused-ring (bicyclic) bond motifs is 1. The number of rotatable bonds is 4. The van der Waals surface area contributed by atoms with E-state index in [-0.39, 0.29) is 5.91 Å². The Labute approximate surface area is 123 Å². The van der Waals surface area contributed by atoms with Gasteiger partial charge in [0.1, 0.15) is 5.65 Å². The molecule has 0 radical (unpaired) electrons. The number of aromatic nitrogens is 2. The van der Waals surface area contributed by atoms with Gasteiger partial charge in [-0.2, -0.15) is 0 Å². The molecule has 0 unspecified atom stereocenters. The minimum absolute atomic E-state index is 0.0670. The summed E-state index contributed by atoms with van der Waals surface area (Å²) < 4.78 is 0. The molecule has 0 fully saturated rings. The summed E-state index contributed by atoms with van der Waals surface area (Å²) in [6, 6.07) is 12.3. The van der Waals surface area contributed by atoms with E-state index in [2.05, 4.69) is 27.4 Å². The molecule has 2 heterocycles. The molecule has 2 N–H and O–H groups in total. The summed E-state index contributed by atoms with van der Waals surface area (Å²) in [7, 11) is 0. The Hall–Kier alpha value is -2.62. The van der Waals surface area contributed by atoms with Crippen LogP contribution in [0.5, 0.6) is 0 Å². The third-order valence-corrected chi connectivity index (χ3v) is 3.51. The molecule has 0 bridgehead atoms. The molecule has 1 amide bonds. The SMILES string of the molecule is CCC(=O)NCc1cccc(-c2ccnc3[nH]ccc23)c1. The van der Waals surface area contributed by atoms with Gasteiger partial charge in [0.15, 0.2) is 0 Å². The summed E-state index contributed by atoms with van der Waals surface area (Å²) >= 11 is 0. The normalized spacial score (nSPS) is 10.7. The average Bonchev–Trinajstić information content (AvgIpc) is 3.01. The molecule has 0 saturated heterocycles. The maximum atomic E-state index is 11.4. The Kier molecular flexibility index (Phi) is 3.69. The van der Waals surface area contributed by atoms with E-state index >= 15 is 0 Å². The number of carbonyl (C=O) groups is 1. The first kappa shape index (κ1) is 13.4. The number of aromatic amines is 1. The van der Waals surface area contributed by atoms with Gasteiger partial charge in [0.25, 0.3) is 0 Å². The second-order valence-corrected chi connectivity index (χ2v) is 4.93. The van der Waals surface area contributed by atoms with Crippen LogP contribution < -0.4 is 5.32 Å². The van der Waals surface area contributed by atoms with Gasteiger partial charge < -0.3 is 10.3 Å². The number of carbonyl (C=O) groups excluding carboxylic acids is 1. The first-order chi connectivity index (χ1) is 10.3. The lowest BCUT2D eigenvalue weighted by atomic mass is 10.0. The number of pyridine rings is 1. The largest absolute Gasteiger partial charge is 0.352 e. The highest BCUT2D eigenvalue weighted by Gasteiger charge is 2.06. The van der Waals surface area contributed by atoms with Gasteiger partial charge in [0, 0.05) is 30.7 Å². The monoisotopic (exact) mass is 279 g/mol. The van der Waals surface area contributed by atoms with Crippen molar-refractivity contribution in [3.8, 4) is 11.1 Å². The second kappa shape index (κ2) is 5.79. The number of hydrogen-bond donors (Lipinski definition) is 2. The number of H-pyrrole nitrogens is 1. The molecule has 0 aliphatic heterocycles. The molecule has 21 heavy (non-hydrogen) atoms. The molecule has 4 heteroatoms. The fourth-order valence-corrected chi connectivity index (χ4v) is 2.39. The molecule has 4 nitrogen and oxygen atoms in total. The Morgan fingerprint density at radius 1 is 1.29 bits per heavy atom. The zero-order valence-electron chi connectivity index (χ0n) is 11.9. The predicted molar refractivity (Wildman–Crippen MR) is 83.7 cm³/mol. The third-order valence-electron chi connectivity index (χ3n) is 3.51. The van der Waals surface area contributed by atoms with Crippen LogP contribution in [-0.2, 0) is 11.3 Å². The number of amides is 1. The topological polar surface area (TPSA) is 57.8 Å². The van der Waals surface area contributed by atoms with E-state index in [4.69, 9.17) is 0 Å². The van der Waals surface area contributed by atoms with Crippen molar-refractivity contribution >= 4 is 16.9 Å². The lowest BCUT2D eigenvalue weighted by molar-refractivity contribution is -0.120. The van der Waals surface area contributed by atoms with Crippen LogP contribution in [0.25, 0.3) is 22.2 Å². The summed E-state index contributed by atoms with van der Waals surface area (Å²) in [6.45, 7) is 2.41. The van der Waals surface area contributed by atoms with E-state index < -0.39 is 0 Å². The Bertz CT molecular complexity index is 776. The van der Waals surface area contributed by atoms with E-state index in [1.54, 1.807) is 6.20 Å². The van der Waals surface area contributed by atoms with Gasteiger partial charge in [-0.1, -0.05) is 25.1 Å². The van der Waals surface area contributed by atoms with Crippen molar-refractivity contribution in [1.82, 2.24) is 15.3 Å². The molecular weight excluding hydrogens is 262 g/mol. The molecule has 0 spiro atoms. The van der Waals surface area contributed by atoms with Crippen LogP contribution in [0, 0.1) is 0 Å². The van der Waals surface area contributed by atoms with Crippen LogP contribution >= 0.6 is 0 Å². The van der Waals surface area contributed by atoms with Gasteiger partial charge in [0.05, 0.1) is 0 Å². The van der Waals surface area contributed by atoms with Crippen LogP contribution in [0.3, 0.4) is 0 Å². The minimum atomic E-state index is 0.0670. The Morgan fingerprint density at radius 2 is 2.19 bits per heavy atom. The molecule has 2 aromatic heterocycles. The molecule has 3 aromatic rings. The van der Waals surface area contributed by atoms with E-state index in [0.29, 0.717) is 13.0 Å². The van der Waals surface area contributed by atoms with Crippen molar-refractivity contribution in [3.63, 3.8) is 0 Å². The van der Waals surface area contributed by atoms with E-state index in [1.165, 1.54) is 0 Å². The minimum Gasteiger partial charge on any atom is -0.352 e. The fraction of sp³-hybridized carbons (Fsp3) is 0.176. The molecule has 106 valence electrons. The van der Waals surface area contributed by atoms with Gasteiger partial charge in [-0.3, -0.25) is 4.79 Å². The van der Waals surface area contributed by atoms with Crippen LogP contribution in [0.2, 0.25) is 0 Å². The highest BCUT2D eigenvalue weighted by Crippen LogP contribution is 2.27. The highest BCUT2D eigenvalue weighted by molar-refractivity contribution is 5.92. The van der Waals surface area contributed by atoms with Gasteiger partial charge in [-0.05, 0) is 34.9 Å². The average molecular weight is 279 g/mol. The molecule has 3 rings (SSSR count). The zero-order chi connectivity index (χ0) is 14.7. The molecule has 0 atom stereocenters. The van der Waals surface area contributed by atoms with Crippen LogP contribution in [-0.4, -0.2) is 15.9 Å².